The molecule has 8 aromatic carbocycles. The summed E-state index contributed by atoms with van der Waals surface area (Å²) in [5.41, 5.74) is 11.4. The molecule has 0 aliphatic rings. The first kappa shape index (κ1) is 27.2. The first-order chi connectivity index (χ1) is 24.8. The fourth-order valence-electron chi connectivity index (χ4n) is 7.81. The Morgan fingerprint density at radius 2 is 1.02 bits per heavy atom. The molecular weight excluding hydrogens is 613 g/mol. The van der Waals surface area contributed by atoms with E-state index in [0.717, 1.165) is 61.2 Å². The van der Waals surface area contributed by atoms with Crippen LogP contribution in [0.3, 0.4) is 0 Å². The number of benzene rings is 8. The summed E-state index contributed by atoms with van der Waals surface area (Å²) in [5, 5.41) is 8.11. The number of hydrogen-bond acceptors (Lipinski definition) is 4. The van der Waals surface area contributed by atoms with Crippen LogP contribution in [0.1, 0.15) is 0 Å². The van der Waals surface area contributed by atoms with Gasteiger partial charge >= 0.3 is 0 Å². The van der Waals surface area contributed by atoms with Crippen molar-refractivity contribution in [2.24, 2.45) is 0 Å². The largest absolute Gasteiger partial charge is 0.456 e. The molecular formula is C46H26N2O2. The van der Waals surface area contributed by atoms with Crippen LogP contribution in [0.25, 0.3) is 110 Å². The lowest BCUT2D eigenvalue weighted by Crippen LogP contribution is -1.94. The quantitative estimate of drug-likeness (QED) is 0.180. The summed E-state index contributed by atoms with van der Waals surface area (Å²) < 4.78 is 12.9. The van der Waals surface area contributed by atoms with Gasteiger partial charge in [-0.05, 0) is 80.2 Å². The summed E-state index contributed by atoms with van der Waals surface area (Å²) in [6.07, 6.45) is 0. The summed E-state index contributed by atoms with van der Waals surface area (Å²) in [6, 6.07) is 55.0. The first-order valence-corrected chi connectivity index (χ1v) is 16.8. The zero-order valence-corrected chi connectivity index (χ0v) is 26.7. The van der Waals surface area contributed by atoms with Gasteiger partial charge in [0.05, 0.1) is 0 Å². The van der Waals surface area contributed by atoms with E-state index in [1.807, 2.05) is 36.4 Å². The van der Waals surface area contributed by atoms with Crippen molar-refractivity contribution in [3.8, 4) is 44.9 Å². The van der Waals surface area contributed by atoms with Crippen LogP contribution in [0.2, 0.25) is 0 Å². The van der Waals surface area contributed by atoms with Gasteiger partial charge < -0.3 is 8.83 Å². The predicted molar refractivity (Wildman–Crippen MR) is 205 cm³/mol. The van der Waals surface area contributed by atoms with Gasteiger partial charge in [-0.15, -0.1) is 0 Å². The monoisotopic (exact) mass is 638 g/mol. The minimum absolute atomic E-state index is 0.658. The van der Waals surface area contributed by atoms with Crippen LogP contribution >= 0.6 is 0 Å². The van der Waals surface area contributed by atoms with E-state index in [4.69, 9.17) is 18.8 Å². The minimum atomic E-state index is 0.658. The highest BCUT2D eigenvalue weighted by molar-refractivity contribution is 6.35. The molecule has 0 amide bonds. The Kier molecular flexibility index (Phi) is 5.63. The molecule has 0 saturated heterocycles. The van der Waals surface area contributed by atoms with E-state index in [-0.39, 0.29) is 0 Å². The Hall–Kier alpha value is -6.78. The normalized spacial score (nSPS) is 12.0. The van der Waals surface area contributed by atoms with Crippen molar-refractivity contribution in [1.82, 2.24) is 9.97 Å². The topological polar surface area (TPSA) is 52.1 Å². The van der Waals surface area contributed by atoms with Crippen molar-refractivity contribution in [2.75, 3.05) is 0 Å². The number of aromatic nitrogens is 2. The molecule has 0 aliphatic carbocycles. The second-order valence-corrected chi connectivity index (χ2v) is 12.9. The number of rotatable bonds is 4. The second-order valence-electron chi connectivity index (χ2n) is 12.9. The zero-order valence-electron chi connectivity index (χ0n) is 26.7. The first-order valence-electron chi connectivity index (χ1n) is 16.8. The van der Waals surface area contributed by atoms with E-state index in [9.17, 15) is 0 Å². The van der Waals surface area contributed by atoms with Crippen molar-refractivity contribution < 1.29 is 8.83 Å². The minimum Gasteiger partial charge on any atom is -0.456 e. The molecule has 0 aliphatic heterocycles. The summed E-state index contributed by atoms with van der Waals surface area (Å²) in [4.78, 5) is 10.3. The lowest BCUT2D eigenvalue weighted by molar-refractivity contribution is 0.667. The number of para-hydroxylation sites is 1. The zero-order chi connectivity index (χ0) is 32.8. The van der Waals surface area contributed by atoms with Gasteiger partial charge in [0.2, 0.25) is 0 Å². The van der Waals surface area contributed by atoms with Crippen LogP contribution in [-0.4, -0.2) is 9.97 Å². The third-order valence-corrected chi connectivity index (χ3v) is 10.0. The smallest absolute Gasteiger partial charge is 0.180 e. The fourth-order valence-corrected chi connectivity index (χ4v) is 7.81. The lowest BCUT2D eigenvalue weighted by Gasteiger charge is -2.14. The lowest BCUT2D eigenvalue weighted by atomic mass is 9.88. The Labute approximate surface area is 286 Å². The molecule has 0 fully saturated rings. The molecule has 4 nitrogen and oxygen atoms in total. The highest BCUT2D eigenvalue weighted by atomic mass is 16.3. The van der Waals surface area contributed by atoms with E-state index in [1.54, 1.807) is 0 Å². The number of furan rings is 2. The Morgan fingerprint density at radius 1 is 0.360 bits per heavy atom. The summed E-state index contributed by atoms with van der Waals surface area (Å²) >= 11 is 0. The molecule has 11 rings (SSSR count). The summed E-state index contributed by atoms with van der Waals surface area (Å²) in [7, 11) is 0. The van der Waals surface area contributed by atoms with Crippen LogP contribution in [0.15, 0.2) is 167 Å². The Balaban J connectivity index is 1.17. The number of hydrogen-bond donors (Lipinski definition) is 0. The van der Waals surface area contributed by atoms with Crippen molar-refractivity contribution in [3.63, 3.8) is 0 Å². The molecule has 232 valence electrons. The highest BCUT2D eigenvalue weighted by Gasteiger charge is 2.22. The van der Waals surface area contributed by atoms with E-state index in [0.29, 0.717) is 11.4 Å². The average molecular weight is 639 g/mol. The molecule has 3 heterocycles. The number of nitrogens with zero attached hydrogens (tertiary/aromatic N) is 2. The summed E-state index contributed by atoms with van der Waals surface area (Å²) in [6.45, 7) is 0. The van der Waals surface area contributed by atoms with Gasteiger partial charge in [0.1, 0.15) is 28.0 Å². The molecule has 0 radical (unpaired) electrons. The van der Waals surface area contributed by atoms with E-state index < -0.39 is 0 Å². The molecule has 50 heavy (non-hydrogen) atoms. The molecule has 0 atom stereocenters. The molecule has 3 aromatic heterocycles. The van der Waals surface area contributed by atoms with E-state index in [1.165, 1.54) is 37.9 Å². The van der Waals surface area contributed by atoms with E-state index in [2.05, 4.69) is 121 Å². The maximum atomic E-state index is 6.55. The van der Waals surface area contributed by atoms with Gasteiger partial charge in [0, 0.05) is 27.3 Å². The molecule has 0 saturated carbocycles. The van der Waals surface area contributed by atoms with Crippen LogP contribution < -0.4 is 0 Å². The number of fused-ring (bicyclic) bond motifs is 6. The molecule has 0 bridgehead atoms. The third-order valence-electron chi connectivity index (χ3n) is 10.0. The Bertz CT molecular complexity index is 3080. The average Bonchev–Trinajstić information content (AvgIpc) is 3.76. The van der Waals surface area contributed by atoms with Gasteiger partial charge in [-0.2, -0.15) is 0 Å². The van der Waals surface area contributed by atoms with Gasteiger partial charge in [0.25, 0.3) is 0 Å². The molecule has 4 heteroatoms. The highest BCUT2D eigenvalue weighted by Crippen LogP contribution is 2.47. The van der Waals surface area contributed by atoms with Crippen molar-refractivity contribution in [1.29, 1.82) is 0 Å². The van der Waals surface area contributed by atoms with Crippen LogP contribution in [-0.2, 0) is 0 Å². The van der Waals surface area contributed by atoms with Crippen LogP contribution in [0.5, 0.6) is 0 Å². The maximum Gasteiger partial charge on any atom is 0.180 e. The SMILES string of the molecule is c1ccc(-c2cc3oc4cccc5c6c(-c7cccc(-c8nc(-c9ccccc9)c9oc%10ccccc%10c9n8)c7)cccc6c(c2)c3c45)cc1. The van der Waals surface area contributed by atoms with Gasteiger partial charge in [-0.25, -0.2) is 9.97 Å². The van der Waals surface area contributed by atoms with Crippen molar-refractivity contribution in [2.45, 2.75) is 0 Å². The molecule has 0 N–H and O–H groups in total. The van der Waals surface area contributed by atoms with E-state index >= 15 is 0 Å². The maximum absolute atomic E-state index is 6.55. The predicted octanol–water partition coefficient (Wildman–Crippen LogP) is 12.7. The standard InChI is InChI=1S/C46H26N2O2/c1-3-12-27(13-4-1)31-25-36-33-20-10-19-32(40(33)35-21-11-23-38-41(35)42(36)39(26-31)49-38)29-16-9-17-30(24-29)46-47-43(28-14-5-2-6-15-28)45-44(48-46)34-18-7-8-22-37(34)50-45/h1-26H. The van der Waals surface area contributed by atoms with Gasteiger partial charge in [-0.1, -0.05) is 121 Å². The van der Waals surface area contributed by atoms with Crippen molar-refractivity contribution >= 4 is 65.6 Å². The molecule has 0 unspecified atom stereocenters. The Morgan fingerprint density at radius 3 is 1.90 bits per heavy atom. The van der Waals surface area contributed by atoms with Crippen LogP contribution in [0, 0.1) is 0 Å². The summed E-state index contributed by atoms with van der Waals surface area (Å²) in [5.74, 6) is 0.658. The van der Waals surface area contributed by atoms with Gasteiger partial charge in [0.15, 0.2) is 11.4 Å². The second kappa shape index (κ2) is 10.4. The van der Waals surface area contributed by atoms with Crippen molar-refractivity contribution in [3.05, 3.63) is 158 Å². The van der Waals surface area contributed by atoms with Crippen LogP contribution in [0.4, 0.5) is 0 Å². The molecule has 0 spiro atoms. The fraction of sp³-hybridized carbons (Fsp3) is 0. The molecule has 11 aromatic rings. The third kappa shape index (κ3) is 3.93. The van der Waals surface area contributed by atoms with Gasteiger partial charge in [-0.3, -0.25) is 0 Å².